The molecule has 0 amide bonds. The summed E-state index contributed by atoms with van der Waals surface area (Å²) >= 11 is -2.60. The van der Waals surface area contributed by atoms with Gasteiger partial charge in [0.2, 0.25) is 0 Å². The molecule has 1 nitrogen and oxygen atoms in total. The molecule has 1 atom stereocenters. The summed E-state index contributed by atoms with van der Waals surface area (Å²) in [7, 11) is 0. The molecule has 0 heterocycles. The van der Waals surface area contributed by atoms with E-state index in [1.807, 2.05) is 0 Å². The Hall–Kier alpha value is -1.97. The average Bonchev–Trinajstić information content (AvgIpc) is 3.08. The van der Waals surface area contributed by atoms with Crippen molar-refractivity contribution in [1.82, 2.24) is 3.80 Å². The van der Waals surface area contributed by atoms with Gasteiger partial charge in [-0.25, -0.2) is 0 Å². The maximum Gasteiger partial charge on any atom is -0.0149 e. The number of nitrogens with one attached hydrogen (secondary N) is 1. The zero-order chi connectivity index (χ0) is 22.9. The molecule has 0 radical (unpaired) electrons. The molecule has 0 fully saturated rings. The van der Waals surface area contributed by atoms with Crippen molar-refractivity contribution in [2.75, 3.05) is 0 Å². The Kier molecular flexibility index (Phi) is 7.86. The van der Waals surface area contributed by atoms with Gasteiger partial charge in [0.25, 0.3) is 0 Å². The van der Waals surface area contributed by atoms with Crippen LogP contribution >= 0.6 is 0 Å². The molecule has 1 N–H and O–H groups in total. The minimum absolute atomic E-state index is 0. The molecule has 0 spiro atoms. The fourth-order valence-corrected chi connectivity index (χ4v) is 12.0. The molecule has 33 heavy (non-hydrogen) atoms. The normalized spacial score (nSPS) is 16.7. The first-order valence-electron chi connectivity index (χ1n) is 11.6. The first kappa shape index (κ1) is 25.7. The second-order valence-corrected chi connectivity index (χ2v) is 16.7. The van der Waals surface area contributed by atoms with E-state index in [-0.39, 0.29) is 16.5 Å². The summed E-state index contributed by atoms with van der Waals surface area (Å²) in [5, 5.41) is 5.05. The van der Waals surface area contributed by atoms with E-state index < -0.39 is 16.8 Å². The van der Waals surface area contributed by atoms with Gasteiger partial charge in [-0.3, -0.25) is 0 Å². The minimum Gasteiger partial charge on any atom is -0.0149 e. The average molecular weight is 490 g/mol. The first-order valence-corrected chi connectivity index (χ1v) is 16.3. The molecule has 1 unspecified atom stereocenters. The van der Waals surface area contributed by atoms with Crippen LogP contribution in [0.1, 0.15) is 44.4 Å². The van der Waals surface area contributed by atoms with Crippen molar-refractivity contribution >= 4 is 27.7 Å². The standard InChI is InChI=1S/C24H19.C4H10N.2CH3.H4Si.Ti/c1-18-17-22(19-11-5-2-6-12-19)24(21-15-9-4-10-16-21)23(18)20-13-7-3-8-14-20;1-4(2,3)5;;;;/h2-16,18H,1H3;5H,1-3H3;2*1H3;1H4;/q;-1;;;;+1. The van der Waals surface area contributed by atoms with E-state index >= 15 is 0 Å². The van der Waals surface area contributed by atoms with E-state index in [9.17, 15) is 0 Å². The predicted molar refractivity (Wildman–Crippen MR) is 148 cm³/mol. The summed E-state index contributed by atoms with van der Waals surface area (Å²) in [5.74, 6) is 0.368. The van der Waals surface area contributed by atoms with Crippen LogP contribution in [-0.4, -0.2) is 16.5 Å². The van der Waals surface area contributed by atoms with Crippen molar-refractivity contribution in [3.63, 3.8) is 0 Å². The zero-order valence-electron chi connectivity index (χ0n) is 20.2. The summed E-state index contributed by atoms with van der Waals surface area (Å²) in [6, 6.07) is 33.0. The Morgan fingerprint density at radius 3 is 1.45 bits per heavy atom. The van der Waals surface area contributed by atoms with Crippen LogP contribution in [0.3, 0.4) is 0 Å². The Balaban J connectivity index is 0.00000306. The molecule has 0 aromatic heterocycles. The largest absolute Gasteiger partial charge is 0.0149 e. The Morgan fingerprint density at radius 2 is 1.03 bits per heavy atom. The molecular weight excluding hydrogens is 450 g/mol. The van der Waals surface area contributed by atoms with E-state index in [1.165, 1.54) is 33.4 Å². The molecule has 0 saturated carbocycles. The number of hydrogen-bond donors (Lipinski definition) is 1. The summed E-state index contributed by atoms with van der Waals surface area (Å²) in [6.45, 7) is 9.32. The molecule has 3 heteroatoms. The van der Waals surface area contributed by atoms with E-state index in [4.69, 9.17) is 0 Å². The van der Waals surface area contributed by atoms with Crippen LogP contribution in [0, 0.1) is 5.92 Å². The molecule has 0 bridgehead atoms. The van der Waals surface area contributed by atoms with Gasteiger partial charge in [-0.15, -0.1) is 0 Å². The quantitative estimate of drug-likeness (QED) is 0.391. The third-order valence-electron chi connectivity index (χ3n) is 6.23. The van der Waals surface area contributed by atoms with Gasteiger partial charge in [-0.1, -0.05) is 0 Å². The molecule has 0 saturated heterocycles. The van der Waals surface area contributed by atoms with Gasteiger partial charge in [0, 0.05) is 0 Å². The van der Waals surface area contributed by atoms with Crippen LogP contribution in [0.2, 0.25) is 10.5 Å². The van der Waals surface area contributed by atoms with Gasteiger partial charge < -0.3 is 0 Å². The Bertz CT molecular complexity index is 1140. The Labute approximate surface area is 208 Å². The van der Waals surface area contributed by atoms with Gasteiger partial charge in [-0.2, -0.15) is 0 Å². The van der Waals surface area contributed by atoms with Crippen molar-refractivity contribution in [3.05, 3.63) is 112 Å². The van der Waals surface area contributed by atoms with Gasteiger partial charge in [0.1, 0.15) is 0 Å². The predicted octanol–water partition coefficient (Wildman–Crippen LogP) is 6.76. The molecule has 3 aromatic rings. The van der Waals surface area contributed by atoms with Gasteiger partial charge in [0.05, 0.1) is 0 Å². The van der Waals surface area contributed by atoms with Crippen LogP contribution in [0.25, 0.3) is 16.7 Å². The summed E-state index contributed by atoms with van der Waals surface area (Å²) in [4.78, 5) is 0. The van der Waals surface area contributed by atoms with Crippen LogP contribution in [0.5, 0.6) is 0 Å². The van der Waals surface area contributed by atoms with Gasteiger partial charge in [-0.05, 0) is 11.0 Å². The van der Waals surface area contributed by atoms with E-state index in [1.54, 1.807) is 3.88 Å². The van der Waals surface area contributed by atoms with Crippen molar-refractivity contribution in [2.24, 2.45) is 5.92 Å². The topological polar surface area (TPSA) is 12.0 Å². The van der Waals surface area contributed by atoms with Crippen LogP contribution in [0.15, 0.2) is 94.9 Å². The van der Waals surface area contributed by atoms with Crippen molar-refractivity contribution in [3.8, 4) is 0 Å². The second-order valence-electron chi connectivity index (χ2n) is 10.4. The SMILES string of the molecule is CC1C(c2ccccc2)=C(c2ccccc2)C(c2ccccc2)=[C]1[Ti]([CH3])([CH3])[NH]C(C)(C)C.[SiH4]. The Morgan fingerprint density at radius 1 is 0.636 bits per heavy atom. The van der Waals surface area contributed by atoms with Crippen LogP contribution < -0.4 is 3.80 Å². The van der Waals surface area contributed by atoms with Crippen LogP contribution in [-0.2, 0) is 16.8 Å². The number of benzene rings is 3. The molecule has 172 valence electrons. The molecule has 3 aromatic carbocycles. The van der Waals surface area contributed by atoms with Gasteiger partial charge in [0.15, 0.2) is 0 Å². The second kappa shape index (κ2) is 10.1. The maximum absolute atomic E-state index is 4.11. The first-order chi connectivity index (χ1) is 15.2. The number of hydrogen-bond acceptors (Lipinski definition) is 1. The molecule has 1 aliphatic rings. The van der Waals surface area contributed by atoms with E-state index in [2.05, 4.69) is 133 Å². The van der Waals surface area contributed by atoms with Gasteiger partial charge >= 0.3 is 199 Å². The van der Waals surface area contributed by atoms with Crippen LogP contribution in [0.4, 0.5) is 0 Å². The summed E-state index contributed by atoms with van der Waals surface area (Å²) in [6.07, 6.45) is 0. The molecule has 1 aliphatic carbocycles. The fourth-order valence-electron chi connectivity index (χ4n) is 5.53. The van der Waals surface area contributed by atoms with E-state index in [0.717, 1.165) is 0 Å². The molecule has 0 aliphatic heterocycles. The van der Waals surface area contributed by atoms with Crippen molar-refractivity contribution < 1.29 is 16.8 Å². The third kappa shape index (κ3) is 5.41. The minimum atomic E-state index is -2.60. The summed E-state index contributed by atoms with van der Waals surface area (Å²) < 4.78 is 5.76. The molecular formula is C30H39NSiTi. The van der Waals surface area contributed by atoms with Crippen molar-refractivity contribution in [2.45, 2.75) is 43.7 Å². The summed E-state index contributed by atoms with van der Waals surface area (Å²) in [5.41, 5.74) is 8.36. The maximum atomic E-state index is 4.11. The van der Waals surface area contributed by atoms with E-state index in [0.29, 0.717) is 5.92 Å². The number of rotatable bonds is 5. The smallest absolute Gasteiger partial charge is 0.0149 e. The zero-order valence-corrected chi connectivity index (χ0v) is 21.8. The fraction of sp³-hybridized carbons (Fsp3) is 0.267. The van der Waals surface area contributed by atoms with Crippen molar-refractivity contribution in [1.29, 1.82) is 0 Å². The monoisotopic (exact) mass is 489 g/mol. The third-order valence-corrected chi connectivity index (χ3v) is 11.5. The molecule has 4 rings (SSSR count). The number of allylic oxidation sites excluding steroid dienone is 4.